The third-order valence-corrected chi connectivity index (χ3v) is 4.40. The van der Waals surface area contributed by atoms with E-state index in [2.05, 4.69) is 20.2 Å². The normalized spacial score (nSPS) is 14.8. The minimum atomic E-state index is -0.255. The molecular weight excluding hydrogens is 319 g/mol. The van der Waals surface area contributed by atoms with Crippen LogP contribution in [0.2, 0.25) is 0 Å². The first-order valence-electron chi connectivity index (χ1n) is 8.82. The molecule has 132 valence electrons. The standard InChI is InChI=1S/C19H23FN4O/c20-17-7-5-15(6-8-17)9-10-21-18(25)16-13-22-19(23-14-16)24-11-3-1-2-4-12-24/h5-8,13-14H,1-4,9-12H2,(H,21,25). The van der Waals surface area contributed by atoms with Crippen molar-refractivity contribution < 1.29 is 9.18 Å². The van der Waals surface area contributed by atoms with Gasteiger partial charge in [0.1, 0.15) is 5.82 Å². The molecule has 1 aliphatic heterocycles. The minimum Gasteiger partial charge on any atom is -0.352 e. The molecule has 0 unspecified atom stereocenters. The fourth-order valence-electron chi connectivity index (χ4n) is 2.95. The van der Waals surface area contributed by atoms with Crippen molar-refractivity contribution in [3.8, 4) is 0 Å². The number of carbonyl (C=O) groups excluding carboxylic acids is 1. The molecule has 1 aromatic carbocycles. The summed E-state index contributed by atoms with van der Waals surface area (Å²) in [5, 5.41) is 2.84. The number of anilines is 1. The number of hydrogen-bond acceptors (Lipinski definition) is 4. The number of halogens is 1. The lowest BCUT2D eigenvalue weighted by molar-refractivity contribution is 0.0953. The maximum absolute atomic E-state index is 12.9. The van der Waals surface area contributed by atoms with E-state index < -0.39 is 0 Å². The van der Waals surface area contributed by atoms with E-state index in [1.165, 1.54) is 25.0 Å². The second-order valence-corrected chi connectivity index (χ2v) is 6.31. The Labute approximate surface area is 147 Å². The van der Waals surface area contributed by atoms with Gasteiger partial charge in [-0.1, -0.05) is 25.0 Å². The molecule has 3 rings (SSSR count). The van der Waals surface area contributed by atoms with Gasteiger partial charge in [0.2, 0.25) is 5.95 Å². The number of carbonyl (C=O) groups is 1. The zero-order valence-electron chi connectivity index (χ0n) is 14.2. The number of nitrogens with zero attached hydrogens (tertiary/aromatic N) is 3. The fourth-order valence-corrected chi connectivity index (χ4v) is 2.95. The SMILES string of the molecule is O=C(NCCc1ccc(F)cc1)c1cnc(N2CCCCCC2)nc1. The van der Waals surface area contributed by atoms with Crippen molar-refractivity contribution in [3.05, 3.63) is 53.6 Å². The smallest absolute Gasteiger partial charge is 0.254 e. The fraction of sp³-hybridized carbons (Fsp3) is 0.421. The van der Waals surface area contributed by atoms with Crippen LogP contribution in [0.1, 0.15) is 41.6 Å². The van der Waals surface area contributed by atoms with Gasteiger partial charge in [-0.25, -0.2) is 14.4 Å². The highest BCUT2D eigenvalue weighted by Crippen LogP contribution is 2.15. The Kier molecular flexibility index (Phi) is 5.93. The number of amides is 1. The number of hydrogen-bond donors (Lipinski definition) is 1. The predicted molar refractivity (Wildman–Crippen MR) is 95.2 cm³/mol. The third kappa shape index (κ3) is 4.98. The number of aromatic nitrogens is 2. The Hall–Kier alpha value is -2.50. The molecule has 0 aliphatic carbocycles. The largest absolute Gasteiger partial charge is 0.352 e. The first kappa shape index (κ1) is 17.3. The molecule has 0 bridgehead atoms. The van der Waals surface area contributed by atoms with Crippen LogP contribution in [0.25, 0.3) is 0 Å². The molecule has 1 aromatic heterocycles. The van der Waals surface area contributed by atoms with Crippen LogP contribution in [0.15, 0.2) is 36.7 Å². The molecule has 2 aromatic rings. The van der Waals surface area contributed by atoms with Gasteiger partial charge in [-0.15, -0.1) is 0 Å². The van der Waals surface area contributed by atoms with E-state index in [1.807, 2.05) is 0 Å². The summed E-state index contributed by atoms with van der Waals surface area (Å²) in [7, 11) is 0. The van der Waals surface area contributed by atoms with E-state index in [0.717, 1.165) is 31.5 Å². The summed E-state index contributed by atoms with van der Waals surface area (Å²) in [5.41, 5.74) is 1.44. The quantitative estimate of drug-likeness (QED) is 0.908. The van der Waals surface area contributed by atoms with E-state index in [9.17, 15) is 9.18 Å². The first-order chi connectivity index (χ1) is 12.2. The van der Waals surface area contributed by atoms with Gasteiger partial charge < -0.3 is 10.2 Å². The molecule has 2 heterocycles. The van der Waals surface area contributed by atoms with Gasteiger partial charge >= 0.3 is 0 Å². The Morgan fingerprint density at radius 3 is 2.32 bits per heavy atom. The maximum Gasteiger partial charge on any atom is 0.254 e. The Balaban J connectivity index is 1.50. The van der Waals surface area contributed by atoms with E-state index in [0.29, 0.717) is 24.5 Å². The van der Waals surface area contributed by atoms with Gasteiger partial charge in [0.25, 0.3) is 5.91 Å². The van der Waals surface area contributed by atoms with Crippen LogP contribution < -0.4 is 10.2 Å². The average Bonchev–Trinajstić information content (AvgIpc) is 2.93. The molecule has 0 radical (unpaired) electrons. The summed E-state index contributed by atoms with van der Waals surface area (Å²) >= 11 is 0. The Morgan fingerprint density at radius 2 is 1.68 bits per heavy atom. The lowest BCUT2D eigenvalue weighted by atomic mass is 10.1. The van der Waals surface area contributed by atoms with E-state index in [-0.39, 0.29) is 11.7 Å². The zero-order valence-corrected chi connectivity index (χ0v) is 14.2. The third-order valence-electron chi connectivity index (χ3n) is 4.40. The van der Waals surface area contributed by atoms with Crippen molar-refractivity contribution in [2.45, 2.75) is 32.1 Å². The molecule has 1 aliphatic rings. The molecule has 1 amide bonds. The molecule has 5 nitrogen and oxygen atoms in total. The van der Waals surface area contributed by atoms with Crippen molar-refractivity contribution in [2.75, 3.05) is 24.5 Å². The van der Waals surface area contributed by atoms with Gasteiger partial charge in [-0.2, -0.15) is 0 Å². The van der Waals surface area contributed by atoms with Gasteiger partial charge in [0.15, 0.2) is 0 Å². The zero-order chi connectivity index (χ0) is 17.5. The van der Waals surface area contributed by atoms with Gasteiger partial charge in [0.05, 0.1) is 5.56 Å². The maximum atomic E-state index is 12.9. The first-order valence-corrected chi connectivity index (χ1v) is 8.82. The lowest BCUT2D eigenvalue weighted by Gasteiger charge is -2.19. The van der Waals surface area contributed by atoms with Crippen molar-refractivity contribution in [2.24, 2.45) is 0 Å². The summed E-state index contributed by atoms with van der Waals surface area (Å²) in [6, 6.07) is 6.29. The van der Waals surface area contributed by atoms with Crippen LogP contribution in [-0.2, 0) is 6.42 Å². The average molecular weight is 342 g/mol. The summed E-state index contributed by atoms with van der Waals surface area (Å²) in [6.45, 7) is 2.44. The Morgan fingerprint density at radius 1 is 1.04 bits per heavy atom. The molecule has 0 spiro atoms. The molecular formula is C19H23FN4O. The van der Waals surface area contributed by atoms with Crippen molar-refractivity contribution in [1.29, 1.82) is 0 Å². The summed E-state index contributed by atoms with van der Waals surface area (Å²) in [6.07, 6.45) is 8.65. The molecule has 1 N–H and O–H groups in total. The van der Waals surface area contributed by atoms with E-state index >= 15 is 0 Å². The van der Waals surface area contributed by atoms with Gasteiger partial charge in [-0.3, -0.25) is 4.79 Å². The highest BCUT2D eigenvalue weighted by Gasteiger charge is 2.13. The van der Waals surface area contributed by atoms with Crippen LogP contribution in [0.5, 0.6) is 0 Å². The highest BCUT2D eigenvalue weighted by atomic mass is 19.1. The number of nitrogens with one attached hydrogen (secondary N) is 1. The van der Waals surface area contributed by atoms with Crippen LogP contribution >= 0.6 is 0 Å². The van der Waals surface area contributed by atoms with Gasteiger partial charge in [0, 0.05) is 32.0 Å². The summed E-state index contributed by atoms with van der Waals surface area (Å²) in [4.78, 5) is 23.1. The van der Waals surface area contributed by atoms with Crippen molar-refractivity contribution in [1.82, 2.24) is 15.3 Å². The van der Waals surface area contributed by atoms with Crippen LogP contribution in [0.4, 0.5) is 10.3 Å². The summed E-state index contributed by atoms with van der Waals surface area (Å²) in [5.74, 6) is 0.253. The Bertz CT molecular complexity index is 680. The molecule has 1 fully saturated rings. The molecule has 0 saturated carbocycles. The van der Waals surface area contributed by atoms with Crippen molar-refractivity contribution in [3.63, 3.8) is 0 Å². The number of benzene rings is 1. The van der Waals surface area contributed by atoms with Crippen LogP contribution in [0.3, 0.4) is 0 Å². The van der Waals surface area contributed by atoms with E-state index in [1.54, 1.807) is 24.5 Å². The van der Waals surface area contributed by atoms with Crippen molar-refractivity contribution >= 4 is 11.9 Å². The summed E-state index contributed by atoms with van der Waals surface area (Å²) < 4.78 is 12.9. The lowest BCUT2D eigenvalue weighted by Crippen LogP contribution is -2.28. The molecule has 0 atom stereocenters. The molecule has 6 heteroatoms. The number of rotatable bonds is 5. The molecule has 1 saturated heterocycles. The monoisotopic (exact) mass is 342 g/mol. The van der Waals surface area contributed by atoms with Crippen LogP contribution in [0, 0.1) is 5.82 Å². The minimum absolute atomic E-state index is 0.190. The van der Waals surface area contributed by atoms with E-state index in [4.69, 9.17) is 0 Å². The highest BCUT2D eigenvalue weighted by molar-refractivity contribution is 5.93. The predicted octanol–water partition coefficient (Wildman–Crippen LogP) is 2.97. The van der Waals surface area contributed by atoms with Gasteiger partial charge in [-0.05, 0) is 37.0 Å². The van der Waals surface area contributed by atoms with Crippen LogP contribution in [-0.4, -0.2) is 35.5 Å². The topological polar surface area (TPSA) is 58.1 Å². The molecule has 25 heavy (non-hydrogen) atoms. The second-order valence-electron chi connectivity index (χ2n) is 6.31. The second kappa shape index (κ2) is 8.55.